The molecule has 0 saturated carbocycles. The van der Waals surface area contributed by atoms with Gasteiger partial charge in [-0.15, -0.1) is 11.3 Å². The summed E-state index contributed by atoms with van der Waals surface area (Å²) in [5.74, 6) is 0.688. The third-order valence-electron chi connectivity index (χ3n) is 4.59. The molecule has 0 aliphatic carbocycles. The number of ether oxygens (including phenoxy) is 2. The molecule has 2 aliphatic heterocycles. The summed E-state index contributed by atoms with van der Waals surface area (Å²) < 4.78 is 11.3. The van der Waals surface area contributed by atoms with Crippen molar-refractivity contribution in [3.63, 3.8) is 0 Å². The Morgan fingerprint density at radius 3 is 3.05 bits per heavy atom. The molecule has 0 amide bonds. The van der Waals surface area contributed by atoms with Gasteiger partial charge < -0.3 is 9.47 Å². The monoisotopic (exact) mass is 281 g/mol. The fraction of sp³-hybridized carbons (Fsp3) is 0.733. The lowest BCUT2D eigenvalue weighted by atomic mass is 9.79. The lowest BCUT2D eigenvalue weighted by Gasteiger charge is -2.50. The fourth-order valence-corrected chi connectivity index (χ4v) is 4.34. The van der Waals surface area contributed by atoms with Gasteiger partial charge in [0.1, 0.15) is 0 Å². The van der Waals surface area contributed by atoms with Gasteiger partial charge in [-0.1, -0.05) is 0 Å². The van der Waals surface area contributed by atoms with E-state index < -0.39 is 0 Å². The molecule has 0 N–H and O–H groups in total. The van der Waals surface area contributed by atoms with Gasteiger partial charge in [0.25, 0.3) is 0 Å². The van der Waals surface area contributed by atoms with Crippen molar-refractivity contribution in [2.45, 2.75) is 31.9 Å². The van der Waals surface area contributed by atoms with Gasteiger partial charge in [-0.3, -0.25) is 4.90 Å². The van der Waals surface area contributed by atoms with Crippen LogP contribution in [0.2, 0.25) is 0 Å². The van der Waals surface area contributed by atoms with E-state index in [-0.39, 0.29) is 5.60 Å². The van der Waals surface area contributed by atoms with Crippen LogP contribution in [0.4, 0.5) is 0 Å². The quantitative estimate of drug-likeness (QED) is 0.828. The van der Waals surface area contributed by atoms with Crippen molar-refractivity contribution in [3.8, 4) is 0 Å². The van der Waals surface area contributed by atoms with E-state index in [1.54, 1.807) is 7.11 Å². The summed E-state index contributed by atoms with van der Waals surface area (Å²) in [4.78, 5) is 4.02. The molecule has 0 unspecified atom stereocenters. The second-order valence-corrected chi connectivity index (χ2v) is 6.85. The molecule has 19 heavy (non-hydrogen) atoms. The first-order chi connectivity index (χ1) is 9.23. The summed E-state index contributed by atoms with van der Waals surface area (Å²) in [6.45, 7) is 7.28. The molecule has 0 radical (unpaired) electrons. The number of thiophene rings is 1. The first-order valence-corrected chi connectivity index (χ1v) is 8.00. The molecular formula is C15H23NO2S. The molecule has 1 spiro atoms. The van der Waals surface area contributed by atoms with Crippen LogP contribution in [0.5, 0.6) is 0 Å². The SMILES string of the molecule is COCC[C@@H]1CCOC12CN(Cc1sccc1C)C2. The Morgan fingerprint density at radius 1 is 1.53 bits per heavy atom. The van der Waals surface area contributed by atoms with E-state index >= 15 is 0 Å². The van der Waals surface area contributed by atoms with E-state index in [1.807, 2.05) is 11.3 Å². The van der Waals surface area contributed by atoms with Gasteiger partial charge in [0.2, 0.25) is 0 Å². The maximum atomic E-state index is 6.07. The van der Waals surface area contributed by atoms with Crippen LogP contribution in [0, 0.1) is 12.8 Å². The van der Waals surface area contributed by atoms with Gasteiger partial charge >= 0.3 is 0 Å². The van der Waals surface area contributed by atoms with Crippen molar-refractivity contribution in [2.24, 2.45) is 5.92 Å². The first kappa shape index (κ1) is 13.6. The van der Waals surface area contributed by atoms with Crippen LogP contribution in [0.15, 0.2) is 11.4 Å². The Kier molecular flexibility index (Phi) is 3.94. The molecule has 0 bridgehead atoms. The lowest BCUT2D eigenvalue weighted by Crippen LogP contribution is -2.64. The van der Waals surface area contributed by atoms with Crippen LogP contribution in [-0.2, 0) is 16.0 Å². The predicted octanol–water partition coefficient (Wildman–Crippen LogP) is 2.68. The highest BCUT2D eigenvalue weighted by atomic mass is 32.1. The first-order valence-electron chi connectivity index (χ1n) is 7.12. The van der Waals surface area contributed by atoms with Crippen LogP contribution >= 0.6 is 11.3 Å². The van der Waals surface area contributed by atoms with E-state index in [4.69, 9.17) is 9.47 Å². The maximum Gasteiger partial charge on any atom is 0.0964 e. The van der Waals surface area contributed by atoms with Gasteiger partial charge in [0.05, 0.1) is 5.60 Å². The molecule has 2 aliphatic rings. The number of rotatable bonds is 5. The zero-order valence-electron chi connectivity index (χ0n) is 11.9. The predicted molar refractivity (Wildman–Crippen MR) is 77.6 cm³/mol. The average molecular weight is 281 g/mol. The summed E-state index contributed by atoms with van der Waals surface area (Å²) >= 11 is 1.87. The highest BCUT2D eigenvalue weighted by Crippen LogP contribution is 2.42. The van der Waals surface area contributed by atoms with Gasteiger partial charge in [-0.05, 0) is 42.7 Å². The zero-order chi connectivity index (χ0) is 13.3. The minimum atomic E-state index is 0.143. The van der Waals surface area contributed by atoms with Crippen molar-refractivity contribution < 1.29 is 9.47 Å². The molecule has 4 heteroatoms. The van der Waals surface area contributed by atoms with Gasteiger partial charge in [-0.2, -0.15) is 0 Å². The average Bonchev–Trinajstić information content (AvgIpc) is 2.94. The summed E-state index contributed by atoms with van der Waals surface area (Å²) in [5, 5.41) is 2.19. The Labute approximate surface area is 119 Å². The topological polar surface area (TPSA) is 21.7 Å². The molecular weight excluding hydrogens is 258 g/mol. The number of methoxy groups -OCH3 is 1. The molecule has 2 fully saturated rings. The van der Waals surface area contributed by atoms with Gasteiger partial charge in [0.15, 0.2) is 0 Å². The second kappa shape index (κ2) is 5.52. The van der Waals surface area contributed by atoms with Crippen molar-refractivity contribution in [1.29, 1.82) is 0 Å². The summed E-state index contributed by atoms with van der Waals surface area (Å²) in [5.41, 5.74) is 1.57. The molecule has 1 aromatic rings. The Bertz CT molecular complexity index is 426. The molecule has 3 heterocycles. The molecule has 2 saturated heterocycles. The minimum Gasteiger partial charge on any atom is -0.385 e. The number of nitrogens with zero attached hydrogens (tertiary/aromatic N) is 1. The van der Waals surface area contributed by atoms with Crippen LogP contribution < -0.4 is 0 Å². The molecule has 1 aromatic heterocycles. The standard InChI is InChI=1S/C15H23NO2S/c1-12-5-8-19-14(12)9-16-10-15(11-16)13(3-6-17-2)4-7-18-15/h5,8,13H,3-4,6-7,9-11H2,1-2H3/t13-/m1/s1. The van der Waals surface area contributed by atoms with E-state index in [9.17, 15) is 0 Å². The molecule has 1 atom stereocenters. The van der Waals surface area contributed by atoms with Gasteiger partial charge in [-0.25, -0.2) is 0 Å². The molecule has 3 rings (SSSR count). The molecule has 106 valence electrons. The highest BCUT2D eigenvalue weighted by molar-refractivity contribution is 7.10. The van der Waals surface area contributed by atoms with Crippen LogP contribution in [-0.4, -0.2) is 43.9 Å². The fourth-order valence-electron chi connectivity index (χ4n) is 3.39. The number of likely N-dealkylation sites (tertiary alicyclic amines) is 1. The number of aryl methyl sites for hydroxylation is 1. The van der Waals surface area contributed by atoms with E-state index in [0.29, 0.717) is 5.92 Å². The minimum absolute atomic E-state index is 0.143. The van der Waals surface area contributed by atoms with Crippen molar-refractivity contribution in [1.82, 2.24) is 4.90 Å². The van der Waals surface area contributed by atoms with Crippen molar-refractivity contribution >= 4 is 11.3 Å². The van der Waals surface area contributed by atoms with E-state index in [2.05, 4.69) is 23.3 Å². The third kappa shape index (κ3) is 2.59. The Balaban J connectivity index is 1.54. The Hall–Kier alpha value is -0.420. The molecule has 3 nitrogen and oxygen atoms in total. The normalized spacial score (nSPS) is 25.9. The Morgan fingerprint density at radius 2 is 2.37 bits per heavy atom. The van der Waals surface area contributed by atoms with Crippen LogP contribution in [0.3, 0.4) is 0 Å². The third-order valence-corrected chi connectivity index (χ3v) is 5.60. The lowest BCUT2D eigenvalue weighted by molar-refractivity contribution is -0.138. The summed E-state index contributed by atoms with van der Waals surface area (Å²) in [6.07, 6.45) is 2.34. The molecule has 0 aromatic carbocycles. The largest absolute Gasteiger partial charge is 0.385 e. The van der Waals surface area contributed by atoms with Crippen LogP contribution in [0.25, 0.3) is 0 Å². The highest BCUT2D eigenvalue weighted by Gasteiger charge is 2.52. The zero-order valence-corrected chi connectivity index (χ0v) is 12.7. The van der Waals surface area contributed by atoms with E-state index in [0.717, 1.165) is 39.3 Å². The van der Waals surface area contributed by atoms with Gasteiger partial charge in [0, 0.05) is 44.8 Å². The number of hydrogen-bond acceptors (Lipinski definition) is 4. The van der Waals surface area contributed by atoms with Crippen LogP contribution in [0.1, 0.15) is 23.3 Å². The van der Waals surface area contributed by atoms with Crippen molar-refractivity contribution in [3.05, 3.63) is 21.9 Å². The maximum absolute atomic E-state index is 6.07. The smallest absolute Gasteiger partial charge is 0.0964 e. The van der Waals surface area contributed by atoms with E-state index in [1.165, 1.54) is 16.9 Å². The summed E-state index contributed by atoms with van der Waals surface area (Å²) in [7, 11) is 1.79. The second-order valence-electron chi connectivity index (χ2n) is 5.85. The van der Waals surface area contributed by atoms with Crippen molar-refractivity contribution in [2.75, 3.05) is 33.4 Å². The number of hydrogen-bond donors (Lipinski definition) is 0. The summed E-state index contributed by atoms with van der Waals surface area (Å²) in [6, 6.07) is 2.21.